The third kappa shape index (κ3) is 2.14. The number of thiophene rings is 1. The van der Waals surface area contributed by atoms with Gasteiger partial charge in [0.25, 0.3) is 0 Å². The van der Waals surface area contributed by atoms with Gasteiger partial charge >= 0.3 is 0 Å². The summed E-state index contributed by atoms with van der Waals surface area (Å²) in [4.78, 5) is 1.65. The van der Waals surface area contributed by atoms with Crippen molar-refractivity contribution in [3.8, 4) is 0 Å². The lowest BCUT2D eigenvalue weighted by atomic mass is 9.88. The number of fused-ring (bicyclic) bond motifs is 1. The van der Waals surface area contributed by atoms with E-state index in [-0.39, 0.29) is 4.83 Å². The first-order valence-electron chi connectivity index (χ1n) is 6.33. The number of rotatable bonds is 3. The van der Waals surface area contributed by atoms with E-state index >= 15 is 0 Å². The molecule has 0 radical (unpaired) electrons. The average molecular weight is 327 g/mol. The van der Waals surface area contributed by atoms with Gasteiger partial charge in [-0.3, -0.25) is 0 Å². The van der Waals surface area contributed by atoms with Crippen molar-refractivity contribution in [1.29, 1.82) is 0 Å². The Morgan fingerprint density at radius 1 is 1.56 bits per heavy atom. The Labute approximate surface area is 119 Å². The summed E-state index contributed by atoms with van der Waals surface area (Å²) in [7, 11) is 0. The van der Waals surface area contributed by atoms with Gasteiger partial charge in [0.05, 0.1) is 10.7 Å². The second-order valence-electron chi connectivity index (χ2n) is 4.60. The Bertz CT molecular complexity index is 537. The molecule has 1 aliphatic rings. The number of halogens is 1. The van der Waals surface area contributed by atoms with Crippen LogP contribution in [0.15, 0.2) is 15.9 Å². The van der Waals surface area contributed by atoms with Crippen LogP contribution in [0.1, 0.15) is 59.2 Å². The molecule has 2 aromatic heterocycles. The van der Waals surface area contributed by atoms with E-state index in [1.165, 1.54) is 23.3 Å². The zero-order chi connectivity index (χ0) is 12.5. The molecule has 18 heavy (non-hydrogen) atoms. The van der Waals surface area contributed by atoms with Crippen LogP contribution in [0.5, 0.6) is 0 Å². The van der Waals surface area contributed by atoms with Gasteiger partial charge in [-0.15, -0.1) is 21.5 Å². The van der Waals surface area contributed by atoms with Crippen molar-refractivity contribution >= 4 is 27.3 Å². The highest BCUT2D eigenvalue weighted by Gasteiger charge is 2.27. The Balaban J connectivity index is 1.90. The van der Waals surface area contributed by atoms with Crippen LogP contribution in [-0.2, 0) is 6.42 Å². The van der Waals surface area contributed by atoms with E-state index in [4.69, 9.17) is 4.42 Å². The first-order chi connectivity index (χ1) is 8.79. The Morgan fingerprint density at radius 3 is 3.28 bits per heavy atom. The molecule has 0 saturated carbocycles. The van der Waals surface area contributed by atoms with Crippen LogP contribution < -0.4 is 0 Å². The summed E-state index contributed by atoms with van der Waals surface area (Å²) < 4.78 is 5.84. The molecular weight excluding hydrogens is 312 g/mol. The summed E-state index contributed by atoms with van der Waals surface area (Å²) >= 11 is 5.39. The third-order valence-corrected chi connectivity index (χ3v) is 5.47. The number of alkyl halides is 1. The molecule has 0 N–H and O–H groups in total. The Hall–Kier alpha value is -0.680. The van der Waals surface area contributed by atoms with Gasteiger partial charge in [0.15, 0.2) is 0 Å². The molecule has 5 heteroatoms. The molecule has 0 amide bonds. The second kappa shape index (κ2) is 5.13. The summed E-state index contributed by atoms with van der Waals surface area (Å²) in [5.74, 6) is 1.79. The number of aryl methyl sites for hydroxylation is 1. The van der Waals surface area contributed by atoms with Gasteiger partial charge in [0, 0.05) is 4.88 Å². The minimum atomic E-state index is 0.171. The Morgan fingerprint density at radius 2 is 2.44 bits per heavy atom. The van der Waals surface area contributed by atoms with Crippen molar-refractivity contribution in [2.45, 2.75) is 43.4 Å². The van der Waals surface area contributed by atoms with Crippen LogP contribution in [0, 0.1) is 0 Å². The predicted molar refractivity (Wildman–Crippen MR) is 75.4 cm³/mol. The van der Waals surface area contributed by atoms with E-state index in [0.29, 0.717) is 11.8 Å². The predicted octanol–water partition coefficient (Wildman–Crippen LogP) is 4.45. The second-order valence-corrected chi connectivity index (χ2v) is 6.70. The van der Waals surface area contributed by atoms with Crippen molar-refractivity contribution in [1.82, 2.24) is 10.2 Å². The van der Waals surface area contributed by atoms with Gasteiger partial charge in [-0.05, 0) is 42.7 Å². The lowest BCUT2D eigenvalue weighted by Gasteiger charge is -2.19. The van der Waals surface area contributed by atoms with Gasteiger partial charge in [-0.2, -0.15) is 0 Å². The summed E-state index contributed by atoms with van der Waals surface area (Å²) in [6.45, 7) is 2.10. The summed E-state index contributed by atoms with van der Waals surface area (Å²) in [5, 5.41) is 10.6. The lowest BCUT2D eigenvalue weighted by Crippen LogP contribution is -2.08. The fourth-order valence-corrected chi connectivity index (χ4v) is 3.60. The zero-order valence-electron chi connectivity index (χ0n) is 10.2. The van der Waals surface area contributed by atoms with Crippen molar-refractivity contribution in [2.75, 3.05) is 0 Å². The maximum atomic E-state index is 5.84. The van der Waals surface area contributed by atoms with E-state index in [2.05, 4.69) is 44.5 Å². The topological polar surface area (TPSA) is 38.9 Å². The van der Waals surface area contributed by atoms with Gasteiger partial charge < -0.3 is 4.42 Å². The molecule has 0 aliphatic heterocycles. The monoisotopic (exact) mass is 326 g/mol. The molecule has 0 spiro atoms. The van der Waals surface area contributed by atoms with Crippen molar-refractivity contribution in [2.24, 2.45) is 0 Å². The number of hydrogen-bond donors (Lipinski definition) is 0. The highest BCUT2D eigenvalue weighted by atomic mass is 79.9. The van der Waals surface area contributed by atoms with Gasteiger partial charge in [0.1, 0.15) is 0 Å². The van der Waals surface area contributed by atoms with Gasteiger partial charge in [-0.1, -0.05) is 22.9 Å². The molecule has 3 rings (SSSR count). The molecule has 2 heterocycles. The van der Waals surface area contributed by atoms with Crippen LogP contribution in [0.25, 0.3) is 0 Å². The minimum absolute atomic E-state index is 0.171. The molecule has 0 fully saturated rings. The van der Waals surface area contributed by atoms with E-state index < -0.39 is 0 Å². The van der Waals surface area contributed by atoms with Crippen molar-refractivity contribution < 1.29 is 4.42 Å². The van der Waals surface area contributed by atoms with Crippen LogP contribution in [-0.4, -0.2) is 10.2 Å². The normalized spacial score (nSPS) is 20.7. The highest BCUT2D eigenvalue weighted by Crippen LogP contribution is 2.39. The molecule has 2 unspecified atom stereocenters. The molecule has 1 aliphatic carbocycles. The lowest BCUT2D eigenvalue weighted by molar-refractivity contribution is 0.412. The number of nitrogens with zero attached hydrogens (tertiary/aromatic N) is 2. The summed E-state index contributed by atoms with van der Waals surface area (Å²) in [6, 6.07) is 2.21. The molecule has 3 nitrogen and oxygen atoms in total. The van der Waals surface area contributed by atoms with Gasteiger partial charge in [-0.25, -0.2) is 0 Å². The van der Waals surface area contributed by atoms with E-state index in [9.17, 15) is 0 Å². The standard InChI is InChI=1S/C13H15BrN2OS/c1-2-10(14)13-16-15-12(17-13)9-4-3-5-11-8(9)6-7-18-11/h6-7,9-10H,2-5H2,1H3. The quantitative estimate of drug-likeness (QED) is 0.782. The molecule has 2 atom stereocenters. The van der Waals surface area contributed by atoms with Crippen LogP contribution in [0.3, 0.4) is 0 Å². The average Bonchev–Trinajstić information content (AvgIpc) is 3.05. The van der Waals surface area contributed by atoms with E-state index in [1.54, 1.807) is 0 Å². The largest absolute Gasteiger partial charge is 0.423 e. The zero-order valence-corrected chi connectivity index (χ0v) is 12.6. The molecule has 96 valence electrons. The summed E-state index contributed by atoms with van der Waals surface area (Å²) in [6.07, 6.45) is 4.47. The first-order valence-corrected chi connectivity index (χ1v) is 8.12. The molecule has 0 saturated heterocycles. The van der Waals surface area contributed by atoms with Crippen LogP contribution >= 0.6 is 27.3 Å². The van der Waals surface area contributed by atoms with Gasteiger partial charge in [0.2, 0.25) is 11.8 Å². The highest BCUT2D eigenvalue weighted by molar-refractivity contribution is 9.09. The number of aromatic nitrogens is 2. The maximum absolute atomic E-state index is 5.84. The molecule has 0 aromatic carbocycles. The molecule has 0 bridgehead atoms. The van der Waals surface area contributed by atoms with Crippen LogP contribution in [0.4, 0.5) is 0 Å². The fraction of sp³-hybridized carbons (Fsp3) is 0.538. The van der Waals surface area contributed by atoms with Crippen molar-refractivity contribution in [3.05, 3.63) is 33.7 Å². The molecule has 2 aromatic rings. The minimum Gasteiger partial charge on any atom is -0.423 e. The first kappa shape index (κ1) is 12.4. The molecular formula is C13H15BrN2OS. The van der Waals surface area contributed by atoms with Crippen LogP contribution in [0.2, 0.25) is 0 Å². The smallest absolute Gasteiger partial charge is 0.230 e. The number of hydrogen-bond acceptors (Lipinski definition) is 4. The Kier molecular flexibility index (Phi) is 3.52. The maximum Gasteiger partial charge on any atom is 0.230 e. The third-order valence-electron chi connectivity index (χ3n) is 3.43. The van der Waals surface area contributed by atoms with E-state index in [1.807, 2.05) is 11.3 Å². The fourth-order valence-electron chi connectivity index (χ4n) is 2.43. The SMILES string of the molecule is CCC(Br)c1nnc(C2CCCc3sccc32)o1. The van der Waals surface area contributed by atoms with Crippen molar-refractivity contribution in [3.63, 3.8) is 0 Å². The van der Waals surface area contributed by atoms with E-state index in [0.717, 1.165) is 18.7 Å². The summed E-state index contributed by atoms with van der Waals surface area (Å²) in [5.41, 5.74) is 1.39.